The van der Waals surface area contributed by atoms with Crippen molar-refractivity contribution in [2.24, 2.45) is 0 Å². The Bertz CT molecular complexity index is 2680. The van der Waals surface area contributed by atoms with Gasteiger partial charge in [0.2, 0.25) is 0 Å². The molecule has 0 aromatic heterocycles. The first-order valence-corrected chi connectivity index (χ1v) is 23.4. The lowest BCUT2D eigenvalue weighted by Crippen LogP contribution is -2.30. The van der Waals surface area contributed by atoms with Gasteiger partial charge in [-0.25, -0.2) is 0 Å². The van der Waals surface area contributed by atoms with Crippen molar-refractivity contribution in [2.75, 3.05) is 41.7 Å². The number of hydrogen-bond acceptors (Lipinski definition) is 10. The predicted octanol–water partition coefficient (Wildman–Crippen LogP) is 12.8. The Morgan fingerprint density at radius 2 is 0.822 bits per heavy atom. The average molecular weight is 1020 g/mol. The van der Waals surface area contributed by atoms with Gasteiger partial charge >= 0.3 is 24.3 Å². The summed E-state index contributed by atoms with van der Waals surface area (Å²) in [5.41, 5.74) is 6.24. The summed E-state index contributed by atoms with van der Waals surface area (Å²) in [4.78, 5) is 25.7. The molecule has 6 aromatic rings. The number of benzene rings is 6. The van der Waals surface area contributed by atoms with Crippen LogP contribution in [0.25, 0.3) is 11.1 Å². The highest BCUT2D eigenvalue weighted by Crippen LogP contribution is 2.57. The molecule has 0 spiro atoms. The summed E-state index contributed by atoms with van der Waals surface area (Å²) in [7, 11) is 6.28. The van der Waals surface area contributed by atoms with E-state index in [9.17, 15) is 35.9 Å². The zero-order chi connectivity index (χ0) is 52.5. The van der Waals surface area contributed by atoms with Gasteiger partial charge in [-0.05, 0) is 132 Å². The number of carbonyl (C=O) groups is 2. The van der Waals surface area contributed by atoms with Crippen molar-refractivity contribution in [3.63, 3.8) is 0 Å². The van der Waals surface area contributed by atoms with E-state index in [-0.39, 0.29) is 76.8 Å². The van der Waals surface area contributed by atoms with Crippen LogP contribution in [-0.4, -0.2) is 53.6 Å². The fourth-order valence-corrected chi connectivity index (χ4v) is 9.47. The standard InChI is InChI=1S/C57H56F6O10/c1-35-21-43(56(58,59)60)29-45(23-35)72-51(64)17-11-19-70-53-37(31-66-3)25-41(26-38(53)32-67-4)55(49-15-9-7-13-47(49)48-14-8-10-16-50(48)55)42-27-39(33-68-5)54(40(28-42)34-69-6)71-20-12-18-52(65)73-46-24-36(2)22-44(30-46)57(61,62)63/h7-10,13-16,21-30H,11-12,17-20,31-34H2,1-6H3. The molecule has 0 fully saturated rings. The first-order valence-electron chi connectivity index (χ1n) is 23.4. The van der Waals surface area contributed by atoms with E-state index < -0.39 is 40.8 Å². The van der Waals surface area contributed by atoms with Gasteiger partial charge in [-0.2, -0.15) is 26.3 Å². The molecule has 10 nitrogen and oxygen atoms in total. The summed E-state index contributed by atoms with van der Waals surface area (Å²) in [6, 6.07) is 30.8. The smallest absolute Gasteiger partial charge is 0.416 e. The van der Waals surface area contributed by atoms with Crippen molar-refractivity contribution >= 4 is 11.9 Å². The van der Waals surface area contributed by atoms with Gasteiger partial charge in [0, 0.05) is 63.5 Å². The minimum Gasteiger partial charge on any atom is -0.493 e. The summed E-state index contributed by atoms with van der Waals surface area (Å²) in [6.07, 6.45) is -9.10. The summed E-state index contributed by atoms with van der Waals surface area (Å²) >= 11 is 0. The van der Waals surface area contributed by atoms with E-state index in [2.05, 4.69) is 24.3 Å². The van der Waals surface area contributed by atoms with Crippen molar-refractivity contribution in [1.82, 2.24) is 0 Å². The lowest BCUT2D eigenvalue weighted by atomic mass is 9.66. The van der Waals surface area contributed by atoms with E-state index in [1.807, 2.05) is 48.5 Å². The fourth-order valence-electron chi connectivity index (χ4n) is 9.47. The van der Waals surface area contributed by atoms with Crippen molar-refractivity contribution in [1.29, 1.82) is 0 Å². The number of methoxy groups -OCH3 is 4. The second kappa shape index (κ2) is 23.4. The van der Waals surface area contributed by atoms with Crippen LogP contribution in [0, 0.1) is 13.8 Å². The summed E-state index contributed by atoms with van der Waals surface area (Å²) in [5, 5.41) is 0. The van der Waals surface area contributed by atoms with Crippen LogP contribution in [0.5, 0.6) is 23.0 Å². The molecule has 0 saturated heterocycles. The third-order valence-electron chi connectivity index (χ3n) is 12.3. The number of halogens is 6. The average Bonchev–Trinajstić information content (AvgIpc) is 3.63. The highest BCUT2D eigenvalue weighted by atomic mass is 19.4. The molecule has 0 amide bonds. The molecule has 0 atom stereocenters. The maximum Gasteiger partial charge on any atom is 0.416 e. The van der Waals surface area contributed by atoms with Gasteiger partial charge in [-0.1, -0.05) is 48.5 Å². The van der Waals surface area contributed by atoms with Gasteiger partial charge in [0.15, 0.2) is 0 Å². The molecule has 1 aliphatic rings. The number of aryl methyl sites for hydroxylation is 2. The van der Waals surface area contributed by atoms with Gasteiger partial charge in [-0.3, -0.25) is 9.59 Å². The van der Waals surface area contributed by atoms with Crippen molar-refractivity contribution in [2.45, 2.75) is 83.7 Å². The highest BCUT2D eigenvalue weighted by molar-refractivity contribution is 5.86. The van der Waals surface area contributed by atoms with Crippen LogP contribution >= 0.6 is 0 Å². The molecule has 0 aliphatic heterocycles. The topological polar surface area (TPSA) is 108 Å². The van der Waals surface area contributed by atoms with E-state index in [1.54, 1.807) is 28.4 Å². The second-order valence-electron chi connectivity index (χ2n) is 17.7. The quantitative estimate of drug-likeness (QED) is 0.0282. The highest BCUT2D eigenvalue weighted by Gasteiger charge is 2.47. The van der Waals surface area contributed by atoms with E-state index in [0.717, 1.165) is 57.6 Å². The van der Waals surface area contributed by atoms with Crippen LogP contribution in [0.3, 0.4) is 0 Å². The molecule has 6 aromatic carbocycles. The van der Waals surface area contributed by atoms with Gasteiger partial charge < -0.3 is 37.9 Å². The number of alkyl halides is 6. The van der Waals surface area contributed by atoms with Gasteiger partial charge in [0.05, 0.1) is 56.2 Å². The van der Waals surface area contributed by atoms with Crippen LogP contribution < -0.4 is 18.9 Å². The Morgan fingerprint density at radius 3 is 1.15 bits per heavy atom. The summed E-state index contributed by atoms with van der Waals surface area (Å²) in [6.45, 7) is 3.59. The third-order valence-corrected chi connectivity index (χ3v) is 12.3. The Kier molecular flexibility index (Phi) is 17.4. The van der Waals surface area contributed by atoms with Crippen molar-refractivity contribution < 1.29 is 73.8 Å². The molecular formula is C57H56F6O10. The number of esters is 2. The van der Waals surface area contributed by atoms with Crippen LogP contribution in [0.2, 0.25) is 0 Å². The van der Waals surface area contributed by atoms with Gasteiger partial charge in [0.1, 0.15) is 23.0 Å². The molecule has 73 heavy (non-hydrogen) atoms. The number of hydrogen-bond donors (Lipinski definition) is 0. The number of rotatable bonds is 22. The maximum atomic E-state index is 13.5. The minimum absolute atomic E-state index is 0.0548. The predicted molar refractivity (Wildman–Crippen MR) is 260 cm³/mol. The Labute approximate surface area is 420 Å². The van der Waals surface area contributed by atoms with Gasteiger partial charge in [-0.15, -0.1) is 0 Å². The van der Waals surface area contributed by atoms with Gasteiger partial charge in [0.25, 0.3) is 0 Å². The number of ether oxygens (including phenoxy) is 8. The van der Waals surface area contributed by atoms with Crippen LogP contribution in [0.1, 0.15) is 92.4 Å². The first kappa shape index (κ1) is 54.1. The van der Waals surface area contributed by atoms with Crippen molar-refractivity contribution in [3.05, 3.63) is 176 Å². The summed E-state index contributed by atoms with van der Waals surface area (Å²) in [5.74, 6) is -0.836. The molecule has 0 heterocycles. The zero-order valence-corrected chi connectivity index (χ0v) is 41.3. The summed E-state index contributed by atoms with van der Waals surface area (Å²) < 4.78 is 127. The lowest BCUT2D eigenvalue weighted by Gasteiger charge is -2.36. The zero-order valence-electron chi connectivity index (χ0n) is 41.3. The fraction of sp³-hybridized carbons (Fsp3) is 0.333. The molecule has 0 unspecified atom stereocenters. The number of fused-ring (bicyclic) bond motifs is 3. The second-order valence-corrected chi connectivity index (χ2v) is 17.7. The molecule has 0 saturated carbocycles. The molecule has 7 rings (SSSR count). The largest absolute Gasteiger partial charge is 0.493 e. The molecule has 16 heteroatoms. The minimum atomic E-state index is -4.60. The van der Waals surface area contributed by atoms with E-state index in [1.165, 1.54) is 26.0 Å². The molecular weight excluding hydrogens is 959 g/mol. The molecule has 0 radical (unpaired) electrons. The van der Waals surface area contributed by atoms with Crippen molar-refractivity contribution in [3.8, 4) is 34.1 Å². The first-order chi connectivity index (χ1) is 34.9. The third kappa shape index (κ3) is 12.4. The Hall–Kier alpha value is -6.72. The number of carbonyl (C=O) groups excluding carboxylic acids is 2. The molecule has 386 valence electrons. The van der Waals surface area contributed by atoms with Crippen LogP contribution in [0.4, 0.5) is 26.3 Å². The van der Waals surface area contributed by atoms with E-state index in [0.29, 0.717) is 44.9 Å². The Morgan fingerprint density at radius 1 is 0.479 bits per heavy atom. The van der Waals surface area contributed by atoms with E-state index in [4.69, 9.17) is 37.9 Å². The monoisotopic (exact) mass is 1010 g/mol. The lowest BCUT2D eigenvalue weighted by molar-refractivity contribution is -0.139. The molecule has 0 bridgehead atoms. The van der Waals surface area contributed by atoms with E-state index >= 15 is 0 Å². The SMILES string of the molecule is COCc1cc(C2(c3cc(COC)c(OCCCC(=O)Oc4cc(C)cc(C(F)(F)F)c4)c(COC)c3)c3ccccc3-c3ccccc32)cc(COC)c1OCCCC(=O)Oc1cc(C)cc(C(F)(F)F)c1. The van der Waals surface area contributed by atoms with Crippen LogP contribution in [-0.2, 0) is 72.7 Å². The Balaban J connectivity index is 1.22. The maximum absolute atomic E-state index is 13.5. The molecule has 0 N–H and O–H groups in total. The molecule has 1 aliphatic carbocycles. The normalized spacial score (nSPS) is 12.8. The van der Waals surface area contributed by atoms with Crippen LogP contribution in [0.15, 0.2) is 109 Å².